The van der Waals surface area contributed by atoms with E-state index in [0.29, 0.717) is 0 Å². The summed E-state index contributed by atoms with van der Waals surface area (Å²) in [5, 5.41) is 8.83. The van der Waals surface area contributed by atoms with Crippen molar-refractivity contribution < 1.29 is 4.42 Å². The molecule has 3 aromatic rings. The van der Waals surface area contributed by atoms with Crippen LogP contribution in [-0.2, 0) is 6.42 Å². The molecule has 0 aliphatic heterocycles. The Morgan fingerprint density at radius 1 is 1.26 bits per heavy atom. The summed E-state index contributed by atoms with van der Waals surface area (Å²) in [5.41, 5.74) is 3.57. The van der Waals surface area contributed by atoms with Crippen LogP contribution in [0.25, 0.3) is 11.0 Å². The van der Waals surface area contributed by atoms with Crippen molar-refractivity contribution in [1.29, 1.82) is 0 Å². The van der Waals surface area contributed by atoms with Crippen LogP contribution < -0.4 is 5.32 Å². The molecule has 2 heterocycles. The molecule has 1 unspecified atom stereocenters. The number of likely N-dealkylation sites (N-methyl/N-ethyl adjacent to an activating group) is 1. The van der Waals surface area contributed by atoms with Gasteiger partial charge in [-0.2, -0.15) is 11.3 Å². The highest BCUT2D eigenvalue weighted by atomic mass is 32.1. The zero-order valence-corrected chi connectivity index (χ0v) is 12.0. The third-order valence-electron chi connectivity index (χ3n) is 3.40. The maximum absolute atomic E-state index is 5.97. The van der Waals surface area contributed by atoms with Gasteiger partial charge in [-0.05, 0) is 61.0 Å². The largest absolute Gasteiger partial charge is 0.459 e. The number of aryl methyl sites for hydroxylation is 1. The van der Waals surface area contributed by atoms with Crippen molar-refractivity contribution in [2.45, 2.75) is 19.4 Å². The minimum Gasteiger partial charge on any atom is -0.459 e. The first-order valence-corrected chi connectivity index (χ1v) is 7.39. The van der Waals surface area contributed by atoms with Gasteiger partial charge in [0.2, 0.25) is 0 Å². The molecule has 1 N–H and O–H groups in total. The predicted molar refractivity (Wildman–Crippen MR) is 80.8 cm³/mol. The number of furan rings is 1. The zero-order chi connectivity index (χ0) is 13.2. The smallest absolute Gasteiger partial charge is 0.134 e. The molecule has 0 radical (unpaired) electrons. The third kappa shape index (κ3) is 2.57. The normalized spacial score (nSPS) is 12.9. The molecule has 0 spiro atoms. The van der Waals surface area contributed by atoms with Crippen molar-refractivity contribution >= 4 is 22.3 Å². The van der Waals surface area contributed by atoms with E-state index in [4.69, 9.17) is 4.42 Å². The molecule has 98 valence electrons. The van der Waals surface area contributed by atoms with Gasteiger partial charge >= 0.3 is 0 Å². The van der Waals surface area contributed by atoms with Gasteiger partial charge in [0.1, 0.15) is 11.3 Å². The summed E-state index contributed by atoms with van der Waals surface area (Å²) in [4.78, 5) is 0. The average Bonchev–Trinajstić information content (AvgIpc) is 3.03. The fourth-order valence-corrected chi connectivity index (χ4v) is 3.03. The Balaban J connectivity index is 1.92. The van der Waals surface area contributed by atoms with E-state index < -0.39 is 0 Å². The Kier molecular flexibility index (Phi) is 3.40. The van der Waals surface area contributed by atoms with Gasteiger partial charge in [-0.25, -0.2) is 0 Å². The number of fused-ring (bicyclic) bond motifs is 1. The highest BCUT2D eigenvalue weighted by molar-refractivity contribution is 7.07. The summed E-state index contributed by atoms with van der Waals surface area (Å²) in [7, 11) is 1.98. The lowest BCUT2D eigenvalue weighted by Crippen LogP contribution is -2.17. The fraction of sp³-hybridized carbons (Fsp3) is 0.250. The number of hydrogen-bond donors (Lipinski definition) is 1. The number of nitrogens with one attached hydrogen (secondary N) is 1. The first-order chi connectivity index (χ1) is 9.26. The SMILES string of the molecule is CNC(Cc1ccsc1)c1cc2cc(C)ccc2o1. The van der Waals surface area contributed by atoms with Crippen LogP contribution in [0.15, 0.2) is 45.5 Å². The van der Waals surface area contributed by atoms with Crippen LogP contribution in [0.2, 0.25) is 0 Å². The first kappa shape index (κ1) is 12.5. The van der Waals surface area contributed by atoms with Crippen molar-refractivity contribution in [3.05, 3.63) is 58.0 Å². The summed E-state index contributed by atoms with van der Waals surface area (Å²) in [5.74, 6) is 1.01. The van der Waals surface area contributed by atoms with Crippen LogP contribution in [0.3, 0.4) is 0 Å². The second-order valence-electron chi connectivity index (χ2n) is 4.87. The highest BCUT2D eigenvalue weighted by Gasteiger charge is 2.15. The van der Waals surface area contributed by atoms with E-state index in [1.165, 1.54) is 16.5 Å². The van der Waals surface area contributed by atoms with Crippen LogP contribution in [-0.4, -0.2) is 7.05 Å². The van der Waals surface area contributed by atoms with Crippen molar-refractivity contribution in [3.8, 4) is 0 Å². The first-order valence-electron chi connectivity index (χ1n) is 6.44. The van der Waals surface area contributed by atoms with Gasteiger partial charge in [-0.3, -0.25) is 0 Å². The molecule has 0 aliphatic rings. The number of rotatable bonds is 4. The van der Waals surface area contributed by atoms with E-state index in [1.54, 1.807) is 11.3 Å². The Morgan fingerprint density at radius 3 is 2.89 bits per heavy atom. The van der Waals surface area contributed by atoms with E-state index in [0.717, 1.165) is 17.8 Å². The van der Waals surface area contributed by atoms with Crippen molar-refractivity contribution in [2.75, 3.05) is 7.05 Å². The molecule has 19 heavy (non-hydrogen) atoms. The monoisotopic (exact) mass is 271 g/mol. The zero-order valence-electron chi connectivity index (χ0n) is 11.1. The van der Waals surface area contributed by atoms with Gasteiger partial charge in [-0.15, -0.1) is 0 Å². The van der Waals surface area contributed by atoms with Crippen LogP contribution in [0.1, 0.15) is 22.9 Å². The molecular formula is C16H17NOS. The second-order valence-corrected chi connectivity index (χ2v) is 5.65. The molecular weight excluding hydrogens is 254 g/mol. The van der Waals surface area contributed by atoms with Crippen molar-refractivity contribution in [3.63, 3.8) is 0 Å². The van der Waals surface area contributed by atoms with E-state index in [1.807, 2.05) is 13.1 Å². The lowest BCUT2D eigenvalue weighted by atomic mass is 10.1. The molecule has 0 fully saturated rings. The minimum atomic E-state index is 0.224. The number of benzene rings is 1. The second kappa shape index (κ2) is 5.19. The fourth-order valence-electron chi connectivity index (χ4n) is 2.34. The van der Waals surface area contributed by atoms with Gasteiger partial charge < -0.3 is 9.73 Å². The molecule has 2 nitrogen and oxygen atoms in total. The highest BCUT2D eigenvalue weighted by Crippen LogP contribution is 2.27. The summed E-state index contributed by atoms with van der Waals surface area (Å²) < 4.78 is 5.97. The van der Waals surface area contributed by atoms with Crippen LogP contribution in [0, 0.1) is 6.92 Å². The predicted octanol–water partition coefficient (Wildman–Crippen LogP) is 4.31. The van der Waals surface area contributed by atoms with Crippen LogP contribution in [0.4, 0.5) is 0 Å². The number of hydrogen-bond acceptors (Lipinski definition) is 3. The standard InChI is InChI=1S/C16H17NOS/c1-11-3-4-15-13(7-11)9-16(18-15)14(17-2)8-12-5-6-19-10-12/h3-7,9-10,14,17H,8H2,1-2H3. The molecule has 0 aliphatic carbocycles. The van der Waals surface area contributed by atoms with Crippen LogP contribution in [0.5, 0.6) is 0 Å². The van der Waals surface area contributed by atoms with Crippen LogP contribution >= 0.6 is 11.3 Å². The molecule has 1 atom stereocenters. The molecule has 0 saturated carbocycles. The van der Waals surface area contributed by atoms with Gasteiger partial charge in [-0.1, -0.05) is 11.6 Å². The lowest BCUT2D eigenvalue weighted by molar-refractivity contribution is 0.451. The molecule has 1 aromatic carbocycles. The van der Waals surface area contributed by atoms with E-state index in [9.17, 15) is 0 Å². The summed E-state index contributed by atoms with van der Waals surface area (Å²) in [6.07, 6.45) is 0.957. The Hall–Kier alpha value is -1.58. The topological polar surface area (TPSA) is 25.2 Å². The Morgan fingerprint density at radius 2 is 2.16 bits per heavy atom. The minimum absolute atomic E-state index is 0.224. The molecule has 3 rings (SSSR count). The van der Waals surface area contributed by atoms with E-state index in [-0.39, 0.29) is 6.04 Å². The molecule has 2 aromatic heterocycles. The van der Waals surface area contributed by atoms with Gasteiger partial charge in [0.25, 0.3) is 0 Å². The van der Waals surface area contributed by atoms with E-state index >= 15 is 0 Å². The summed E-state index contributed by atoms with van der Waals surface area (Å²) in [6, 6.07) is 10.8. The molecule has 0 amide bonds. The lowest BCUT2D eigenvalue weighted by Gasteiger charge is -2.12. The summed E-state index contributed by atoms with van der Waals surface area (Å²) >= 11 is 1.74. The molecule has 0 saturated heterocycles. The average molecular weight is 271 g/mol. The third-order valence-corrected chi connectivity index (χ3v) is 4.13. The maximum atomic E-state index is 5.97. The molecule has 0 bridgehead atoms. The maximum Gasteiger partial charge on any atom is 0.134 e. The van der Waals surface area contributed by atoms with Crippen molar-refractivity contribution in [2.24, 2.45) is 0 Å². The number of thiophene rings is 1. The Labute approximate surface area is 117 Å². The van der Waals surface area contributed by atoms with E-state index in [2.05, 4.69) is 47.3 Å². The molecule has 3 heteroatoms. The van der Waals surface area contributed by atoms with Crippen molar-refractivity contribution in [1.82, 2.24) is 5.32 Å². The Bertz CT molecular complexity index is 669. The quantitative estimate of drug-likeness (QED) is 0.765. The van der Waals surface area contributed by atoms with Gasteiger partial charge in [0.15, 0.2) is 0 Å². The van der Waals surface area contributed by atoms with Gasteiger partial charge in [0.05, 0.1) is 6.04 Å². The van der Waals surface area contributed by atoms with Gasteiger partial charge in [0, 0.05) is 5.39 Å². The summed E-state index contributed by atoms with van der Waals surface area (Å²) in [6.45, 7) is 2.10.